The van der Waals surface area contributed by atoms with Gasteiger partial charge in [0.05, 0.1) is 19.1 Å². The summed E-state index contributed by atoms with van der Waals surface area (Å²) in [6.07, 6.45) is 4.31. The summed E-state index contributed by atoms with van der Waals surface area (Å²) in [6.45, 7) is 2.17. The molecule has 112 valence electrons. The SMILES string of the molecule is CCC(NC(=O)CCOc1cccc(F)c1)c1ncc[nH]1. The van der Waals surface area contributed by atoms with Crippen LogP contribution >= 0.6 is 0 Å². The van der Waals surface area contributed by atoms with Gasteiger partial charge in [-0.2, -0.15) is 0 Å². The van der Waals surface area contributed by atoms with E-state index < -0.39 is 0 Å². The Balaban J connectivity index is 1.77. The fourth-order valence-corrected chi connectivity index (χ4v) is 1.92. The predicted octanol–water partition coefficient (Wildman–Crippen LogP) is 2.59. The van der Waals surface area contributed by atoms with Gasteiger partial charge in [-0.3, -0.25) is 4.79 Å². The largest absolute Gasteiger partial charge is 0.493 e. The summed E-state index contributed by atoms with van der Waals surface area (Å²) in [6, 6.07) is 5.71. The van der Waals surface area contributed by atoms with E-state index in [4.69, 9.17) is 4.74 Å². The third-order valence-electron chi connectivity index (χ3n) is 2.99. The van der Waals surface area contributed by atoms with Crippen LogP contribution in [0.3, 0.4) is 0 Å². The maximum atomic E-state index is 13.0. The molecule has 0 aliphatic rings. The molecule has 0 aliphatic heterocycles. The molecule has 0 saturated carbocycles. The van der Waals surface area contributed by atoms with E-state index in [0.717, 1.165) is 12.2 Å². The van der Waals surface area contributed by atoms with Crippen LogP contribution in [0.2, 0.25) is 0 Å². The zero-order valence-corrected chi connectivity index (χ0v) is 11.8. The number of rotatable bonds is 7. The molecule has 2 N–H and O–H groups in total. The van der Waals surface area contributed by atoms with Crippen molar-refractivity contribution in [1.82, 2.24) is 15.3 Å². The molecule has 21 heavy (non-hydrogen) atoms. The molecule has 1 amide bonds. The molecule has 1 heterocycles. The molecular weight excluding hydrogens is 273 g/mol. The van der Waals surface area contributed by atoms with Gasteiger partial charge in [0.25, 0.3) is 0 Å². The first-order chi connectivity index (χ1) is 10.2. The maximum absolute atomic E-state index is 13.0. The molecule has 0 spiro atoms. The molecule has 1 aromatic carbocycles. The first-order valence-electron chi connectivity index (χ1n) is 6.86. The van der Waals surface area contributed by atoms with E-state index in [1.54, 1.807) is 24.5 Å². The number of nitrogens with one attached hydrogen (secondary N) is 2. The molecule has 0 fully saturated rings. The van der Waals surface area contributed by atoms with Gasteiger partial charge in [0.15, 0.2) is 0 Å². The topological polar surface area (TPSA) is 67.0 Å². The third-order valence-corrected chi connectivity index (χ3v) is 2.99. The molecule has 0 aliphatic carbocycles. The van der Waals surface area contributed by atoms with Crippen LogP contribution < -0.4 is 10.1 Å². The maximum Gasteiger partial charge on any atom is 0.224 e. The molecule has 0 bridgehead atoms. The fourth-order valence-electron chi connectivity index (χ4n) is 1.92. The number of carbonyl (C=O) groups excluding carboxylic acids is 1. The van der Waals surface area contributed by atoms with Crippen molar-refractivity contribution >= 4 is 5.91 Å². The van der Waals surface area contributed by atoms with Crippen LogP contribution in [0.15, 0.2) is 36.7 Å². The third kappa shape index (κ3) is 4.59. The van der Waals surface area contributed by atoms with Crippen molar-refractivity contribution in [2.24, 2.45) is 0 Å². The predicted molar refractivity (Wildman–Crippen MR) is 76.3 cm³/mol. The molecule has 0 saturated heterocycles. The second-order valence-corrected chi connectivity index (χ2v) is 4.56. The average molecular weight is 291 g/mol. The minimum atomic E-state index is -0.360. The van der Waals surface area contributed by atoms with Gasteiger partial charge in [-0.1, -0.05) is 13.0 Å². The van der Waals surface area contributed by atoms with E-state index in [9.17, 15) is 9.18 Å². The van der Waals surface area contributed by atoms with Gasteiger partial charge in [0.2, 0.25) is 5.91 Å². The quantitative estimate of drug-likeness (QED) is 0.824. The molecule has 5 nitrogen and oxygen atoms in total. The number of hydrogen-bond acceptors (Lipinski definition) is 3. The molecule has 1 atom stereocenters. The lowest BCUT2D eigenvalue weighted by Gasteiger charge is -2.14. The Morgan fingerprint density at radius 2 is 2.38 bits per heavy atom. The first kappa shape index (κ1) is 15.0. The Labute approximate surface area is 122 Å². The summed E-state index contributed by atoms with van der Waals surface area (Å²) >= 11 is 0. The highest BCUT2D eigenvalue weighted by atomic mass is 19.1. The number of aromatic nitrogens is 2. The number of amides is 1. The zero-order chi connectivity index (χ0) is 15.1. The van der Waals surface area contributed by atoms with Gasteiger partial charge in [0, 0.05) is 18.5 Å². The van der Waals surface area contributed by atoms with Crippen LogP contribution in [-0.2, 0) is 4.79 Å². The molecule has 0 radical (unpaired) electrons. The number of halogens is 1. The smallest absolute Gasteiger partial charge is 0.224 e. The van der Waals surface area contributed by atoms with Crippen molar-refractivity contribution in [3.8, 4) is 5.75 Å². The second-order valence-electron chi connectivity index (χ2n) is 4.56. The van der Waals surface area contributed by atoms with Gasteiger partial charge in [-0.15, -0.1) is 0 Å². The normalized spacial score (nSPS) is 11.9. The van der Waals surface area contributed by atoms with Crippen LogP contribution in [0, 0.1) is 5.82 Å². The Kier molecular flexibility index (Phi) is 5.31. The minimum Gasteiger partial charge on any atom is -0.493 e. The summed E-state index contributed by atoms with van der Waals surface area (Å²) in [5.74, 6) is 0.660. The van der Waals surface area contributed by atoms with Crippen molar-refractivity contribution in [2.75, 3.05) is 6.61 Å². The van der Waals surface area contributed by atoms with Crippen molar-refractivity contribution in [2.45, 2.75) is 25.8 Å². The van der Waals surface area contributed by atoms with Crippen molar-refractivity contribution in [3.63, 3.8) is 0 Å². The standard InChI is InChI=1S/C15H18FN3O2/c1-2-13(15-17-7-8-18-15)19-14(20)6-9-21-12-5-3-4-11(16)10-12/h3-5,7-8,10,13H,2,6,9H2,1H3,(H,17,18)(H,19,20). The van der Waals surface area contributed by atoms with Gasteiger partial charge in [-0.05, 0) is 18.6 Å². The van der Waals surface area contributed by atoms with Gasteiger partial charge < -0.3 is 15.0 Å². The highest BCUT2D eigenvalue weighted by Gasteiger charge is 2.14. The van der Waals surface area contributed by atoms with Gasteiger partial charge in [-0.25, -0.2) is 9.37 Å². The van der Waals surface area contributed by atoms with Crippen molar-refractivity contribution in [1.29, 1.82) is 0 Å². The van der Waals surface area contributed by atoms with E-state index >= 15 is 0 Å². The fraction of sp³-hybridized carbons (Fsp3) is 0.333. The molecule has 1 unspecified atom stereocenters. The molecular formula is C15H18FN3O2. The summed E-state index contributed by atoms with van der Waals surface area (Å²) in [4.78, 5) is 19.0. The molecule has 6 heteroatoms. The molecule has 1 aromatic heterocycles. The number of benzene rings is 1. The number of carbonyl (C=O) groups is 1. The molecule has 2 rings (SSSR count). The Bertz CT molecular complexity index is 572. The van der Waals surface area contributed by atoms with Crippen LogP contribution in [0.25, 0.3) is 0 Å². The average Bonchev–Trinajstić information content (AvgIpc) is 2.99. The van der Waals surface area contributed by atoms with E-state index in [1.165, 1.54) is 12.1 Å². The second kappa shape index (κ2) is 7.42. The lowest BCUT2D eigenvalue weighted by molar-refractivity contribution is -0.122. The van der Waals surface area contributed by atoms with Crippen LogP contribution in [0.1, 0.15) is 31.6 Å². The van der Waals surface area contributed by atoms with E-state index in [1.807, 2.05) is 6.92 Å². The summed E-state index contributed by atoms with van der Waals surface area (Å²) < 4.78 is 18.3. The highest BCUT2D eigenvalue weighted by molar-refractivity contribution is 5.76. The zero-order valence-electron chi connectivity index (χ0n) is 11.8. The summed E-state index contributed by atoms with van der Waals surface area (Å²) in [5.41, 5.74) is 0. The van der Waals surface area contributed by atoms with E-state index in [2.05, 4.69) is 15.3 Å². The Hall–Kier alpha value is -2.37. The van der Waals surface area contributed by atoms with E-state index in [-0.39, 0.29) is 30.8 Å². The number of H-pyrrole nitrogens is 1. The lowest BCUT2D eigenvalue weighted by Crippen LogP contribution is -2.29. The highest BCUT2D eigenvalue weighted by Crippen LogP contribution is 2.13. The number of ether oxygens (including phenoxy) is 1. The van der Waals surface area contributed by atoms with Crippen molar-refractivity contribution in [3.05, 3.63) is 48.3 Å². The lowest BCUT2D eigenvalue weighted by atomic mass is 10.2. The Morgan fingerprint density at radius 1 is 1.52 bits per heavy atom. The van der Waals surface area contributed by atoms with Gasteiger partial charge in [0.1, 0.15) is 17.4 Å². The number of imidazole rings is 1. The monoisotopic (exact) mass is 291 g/mol. The van der Waals surface area contributed by atoms with E-state index in [0.29, 0.717) is 5.75 Å². The molecule has 2 aromatic rings. The number of nitrogens with zero attached hydrogens (tertiary/aromatic N) is 1. The van der Waals surface area contributed by atoms with Crippen molar-refractivity contribution < 1.29 is 13.9 Å². The number of hydrogen-bond donors (Lipinski definition) is 2. The minimum absolute atomic E-state index is 0.130. The Morgan fingerprint density at radius 3 is 3.05 bits per heavy atom. The van der Waals surface area contributed by atoms with Crippen LogP contribution in [0.4, 0.5) is 4.39 Å². The van der Waals surface area contributed by atoms with Gasteiger partial charge >= 0.3 is 0 Å². The number of aromatic amines is 1. The summed E-state index contributed by atoms with van der Waals surface area (Å²) in [5, 5.41) is 2.88. The van der Waals surface area contributed by atoms with Crippen LogP contribution in [-0.4, -0.2) is 22.5 Å². The first-order valence-corrected chi connectivity index (χ1v) is 6.86. The van der Waals surface area contributed by atoms with Crippen LogP contribution in [0.5, 0.6) is 5.75 Å². The summed E-state index contributed by atoms with van der Waals surface area (Å²) in [7, 11) is 0.